The average Bonchev–Trinajstić information content (AvgIpc) is 2.89. The molecule has 1 atom stereocenters. The molecule has 1 heterocycles. The summed E-state index contributed by atoms with van der Waals surface area (Å²) in [5.41, 5.74) is 0. The molecule has 1 rings (SSSR count). The molecular weight excluding hydrogens is 252 g/mol. The lowest BCUT2D eigenvalue weighted by molar-refractivity contribution is 0.161. The van der Waals surface area contributed by atoms with Crippen LogP contribution in [0.25, 0.3) is 0 Å². The molecule has 19 heavy (non-hydrogen) atoms. The summed E-state index contributed by atoms with van der Waals surface area (Å²) in [4.78, 5) is 1.31. The van der Waals surface area contributed by atoms with Gasteiger partial charge in [0.2, 0.25) is 0 Å². The topological polar surface area (TPSA) is 20.2 Å². The zero-order chi connectivity index (χ0) is 13.8. The molecule has 0 aliphatic rings. The fourth-order valence-electron chi connectivity index (χ4n) is 2.45. The van der Waals surface area contributed by atoms with E-state index in [1.165, 1.54) is 62.7 Å². The lowest BCUT2D eigenvalue weighted by Gasteiger charge is -2.09. The van der Waals surface area contributed by atoms with Crippen LogP contribution in [-0.2, 0) is 6.42 Å². The molecule has 1 nitrogen and oxygen atoms in total. The maximum atomic E-state index is 9.93. The van der Waals surface area contributed by atoms with Crippen LogP contribution in [0, 0.1) is 0 Å². The standard InChI is InChI=1S/C17H30OS/c1-2-3-4-5-6-7-8-9-10-12-16(18)15-17-13-11-14-19-17/h11,13-14,16,18H,2-10,12,15H2,1H3. The fourth-order valence-corrected chi connectivity index (χ4v) is 3.23. The smallest absolute Gasteiger partial charge is 0.0588 e. The van der Waals surface area contributed by atoms with E-state index >= 15 is 0 Å². The monoisotopic (exact) mass is 282 g/mol. The molecule has 110 valence electrons. The SMILES string of the molecule is CCCCCCCCCCCC(O)Cc1cccs1. The predicted molar refractivity (Wildman–Crippen MR) is 85.9 cm³/mol. The summed E-state index contributed by atoms with van der Waals surface area (Å²) in [6, 6.07) is 4.18. The normalized spacial score (nSPS) is 12.7. The van der Waals surface area contributed by atoms with E-state index in [-0.39, 0.29) is 6.10 Å². The van der Waals surface area contributed by atoms with Crippen LogP contribution in [0.4, 0.5) is 0 Å². The molecule has 0 radical (unpaired) electrons. The van der Waals surface area contributed by atoms with Crippen LogP contribution in [-0.4, -0.2) is 11.2 Å². The van der Waals surface area contributed by atoms with Crippen LogP contribution in [0.1, 0.15) is 76.0 Å². The van der Waals surface area contributed by atoms with Crippen LogP contribution in [0.2, 0.25) is 0 Å². The van der Waals surface area contributed by atoms with Crippen molar-refractivity contribution in [3.63, 3.8) is 0 Å². The molecule has 1 N–H and O–H groups in total. The largest absolute Gasteiger partial charge is 0.393 e. The van der Waals surface area contributed by atoms with E-state index in [1.807, 2.05) is 0 Å². The molecule has 1 aromatic heterocycles. The molecule has 1 unspecified atom stereocenters. The van der Waals surface area contributed by atoms with Gasteiger partial charge in [0.1, 0.15) is 0 Å². The minimum Gasteiger partial charge on any atom is -0.393 e. The zero-order valence-corrected chi connectivity index (χ0v) is 13.3. The highest BCUT2D eigenvalue weighted by atomic mass is 32.1. The van der Waals surface area contributed by atoms with E-state index in [9.17, 15) is 5.11 Å². The number of hydrogen-bond donors (Lipinski definition) is 1. The van der Waals surface area contributed by atoms with Gasteiger partial charge in [0.15, 0.2) is 0 Å². The van der Waals surface area contributed by atoms with E-state index in [4.69, 9.17) is 0 Å². The summed E-state index contributed by atoms with van der Waals surface area (Å²) >= 11 is 1.75. The quantitative estimate of drug-likeness (QED) is 0.497. The van der Waals surface area contributed by atoms with Crippen molar-refractivity contribution in [3.8, 4) is 0 Å². The molecule has 0 aliphatic carbocycles. The molecule has 0 fully saturated rings. The maximum Gasteiger partial charge on any atom is 0.0588 e. The second kappa shape index (κ2) is 11.5. The van der Waals surface area contributed by atoms with Crippen LogP contribution in [0.5, 0.6) is 0 Å². The number of aliphatic hydroxyl groups excluding tert-OH is 1. The third-order valence-electron chi connectivity index (χ3n) is 3.66. The van der Waals surface area contributed by atoms with Gasteiger partial charge in [-0.25, -0.2) is 0 Å². The first kappa shape index (κ1) is 16.7. The van der Waals surface area contributed by atoms with Gasteiger partial charge in [-0.2, -0.15) is 0 Å². The molecule has 0 aromatic carbocycles. The molecule has 0 bridgehead atoms. The summed E-state index contributed by atoms with van der Waals surface area (Å²) in [5, 5.41) is 12.0. The Balaban J connectivity index is 1.85. The zero-order valence-electron chi connectivity index (χ0n) is 12.4. The molecule has 0 saturated carbocycles. The second-order valence-corrected chi connectivity index (χ2v) is 6.59. The minimum absolute atomic E-state index is 0.136. The molecule has 2 heteroatoms. The minimum atomic E-state index is -0.136. The number of rotatable bonds is 12. The Hall–Kier alpha value is -0.340. The Morgan fingerprint density at radius 2 is 1.63 bits per heavy atom. The molecule has 0 aliphatic heterocycles. The molecule has 0 saturated heterocycles. The van der Waals surface area contributed by atoms with E-state index in [0.717, 1.165) is 12.8 Å². The number of thiophene rings is 1. The number of unbranched alkanes of at least 4 members (excludes halogenated alkanes) is 8. The van der Waals surface area contributed by atoms with Crippen LogP contribution in [0.15, 0.2) is 17.5 Å². The van der Waals surface area contributed by atoms with Crippen molar-refractivity contribution in [1.29, 1.82) is 0 Å². The van der Waals surface area contributed by atoms with Crippen molar-refractivity contribution in [2.75, 3.05) is 0 Å². The lowest BCUT2D eigenvalue weighted by atomic mass is 10.0. The van der Waals surface area contributed by atoms with Crippen molar-refractivity contribution < 1.29 is 5.11 Å². The highest BCUT2D eigenvalue weighted by molar-refractivity contribution is 7.09. The van der Waals surface area contributed by atoms with Gasteiger partial charge in [0.05, 0.1) is 6.10 Å². The average molecular weight is 282 g/mol. The van der Waals surface area contributed by atoms with Gasteiger partial charge in [-0.3, -0.25) is 0 Å². The van der Waals surface area contributed by atoms with Crippen molar-refractivity contribution >= 4 is 11.3 Å². The first-order valence-corrected chi connectivity index (χ1v) is 8.91. The first-order valence-electron chi connectivity index (χ1n) is 8.03. The van der Waals surface area contributed by atoms with Crippen molar-refractivity contribution in [2.24, 2.45) is 0 Å². The third kappa shape index (κ3) is 9.23. The Morgan fingerprint density at radius 3 is 2.21 bits per heavy atom. The number of hydrogen-bond acceptors (Lipinski definition) is 2. The maximum absolute atomic E-state index is 9.93. The van der Waals surface area contributed by atoms with Crippen LogP contribution < -0.4 is 0 Å². The molecular formula is C17H30OS. The van der Waals surface area contributed by atoms with Gasteiger partial charge < -0.3 is 5.11 Å². The first-order chi connectivity index (χ1) is 9.33. The summed E-state index contributed by atoms with van der Waals surface area (Å²) < 4.78 is 0. The highest BCUT2D eigenvalue weighted by Crippen LogP contribution is 2.15. The van der Waals surface area contributed by atoms with Crippen LogP contribution in [0.3, 0.4) is 0 Å². The van der Waals surface area contributed by atoms with Crippen molar-refractivity contribution in [2.45, 2.75) is 83.7 Å². The van der Waals surface area contributed by atoms with Gasteiger partial charge in [-0.1, -0.05) is 70.8 Å². The Kier molecular flexibility index (Phi) is 10.1. The lowest BCUT2D eigenvalue weighted by Crippen LogP contribution is -2.09. The van der Waals surface area contributed by atoms with Gasteiger partial charge >= 0.3 is 0 Å². The van der Waals surface area contributed by atoms with Gasteiger partial charge in [0.25, 0.3) is 0 Å². The highest BCUT2D eigenvalue weighted by Gasteiger charge is 2.05. The van der Waals surface area contributed by atoms with E-state index in [2.05, 4.69) is 24.4 Å². The fraction of sp³-hybridized carbons (Fsp3) is 0.765. The van der Waals surface area contributed by atoms with Crippen molar-refractivity contribution in [3.05, 3.63) is 22.4 Å². The van der Waals surface area contributed by atoms with Crippen LogP contribution >= 0.6 is 11.3 Å². The second-order valence-electron chi connectivity index (χ2n) is 5.55. The van der Waals surface area contributed by atoms with Gasteiger partial charge in [-0.05, 0) is 17.9 Å². The summed E-state index contributed by atoms with van der Waals surface area (Å²) in [6.07, 6.45) is 13.8. The Bertz CT molecular complexity index is 281. The van der Waals surface area contributed by atoms with E-state index in [1.54, 1.807) is 11.3 Å². The molecule has 1 aromatic rings. The summed E-state index contributed by atoms with van der Waals surface area (Å²) in [5.74, 6) is 0. The third-order valence-corrected chi connectivity index (χ3v) is 4.56. The summed E-state index contributed by atoms with van der Waals surface area (Å²) in [7, 11) is 0. The Labute approximate surface area is 123 Å². The van der Waals surface area contributed by atoms with Gasteiger partial charge in [-0.15, -0.1) is 11.3 Å². The Morgan fingerprint density at radius 1 is 1.00 bits per heavy atom. The van der Waals surface area contributed by atoms with E-state index < -0.39 is 0 Å². The number of aliphatic hydroxyl groups is 1. The predicted octanol–water partition coefficient (Wildman–Crippen LogP) is 5.57. The molecule has 0 spiro atoms. The van der Waals surface area contributed by atoms with Gasteiger partial charge in [0, 0.05) is 11.3 Å². The van der Waals surface area contributed by atoms with Crippen molar-refractivity contribution in [1.82, 2.24) is 0 Å². The van der Waals surface area contributed by atoms with E-state index in [0.29, 0.717) is 0 Å². The summed E-state index contributed by atoms with van der Waals surface area (Å²) in [6.45, 7) is 2.27. The molecule has 0 amide bonds.